The Kier molecular flexibility index (Phi) is 6.36. The Labute approximate surface area is 171 Å². The zero-order valence-electron chi connectivity index (χ0n) is 16.8. The van der Waals surface area contributed by atoms with E-state index < -0.39 is 0 Å². The average molecular weight is 393 g/mol. The summed E-state index contributed by atoms with van der Waals surface area (Å²) in [6.07, 6.45) is 3.36. The quantitative estimate of drug-likeness (QED) is 0.520. The summed E-state index contributed by atoms with van der Waals surface area (Å²) in [4.78, 5) is 4.00. The molecule has 29 heavy (non-hydrogen) atoms. The van der Waals surface area contributed by atoms with Gasteiger partial charge in [0.2, 0.25) is 5.82 Å². The van der Waals surface area contributed by atoms with Crippen LogP contribution in [0, 0.1) is 0 Å². The van der Waals surface area contributed by atoms with Crippen molar-refractivity contribution in [2.75, 3.05) is 26.7 Å². The second kappa shape index (κ2) is 9.52. The monoisotopic (exact) mass is 393 g/mol. The smallest absolute Gasteiger partial charge is 0.204 e. The summed E-state index contributed by atoms with van der Waals surface area (Å²) in [7, 11) is 2.13. The Morgan fingerprint density at radius 3 is 2.66 bits per heavy atom. The molecule has 0 aliphatic carbocycles. The van der Waals surface area contributed by atoms with Gasteiger partial charge in [0.05, 0.1) is 6.54 Å². The predicted molar refractivity (Wildman–Crippen MR) is 111 cm³/mol. The topological polar surface area (TPSA) is 65.3 Å². The standard InChI is InChI=1S/C22H27N5O2/c1-26(16-19-17-28-20-12-6-7-13-21(20)29-19)14-8-3-9-15-27-24-22(23-25-27)18-10-4-2-5-11-18/h2,4-7,10-13,19H,3,8-9,14-17H2,1H3. The lowest BCUT2D eigenvalue weighted by molar-refractivity contribution is 0.0651. The Balaban J connectivity index is 1.13. The highest BCUT2D eigenvalue weighted by atomic mass is 16.6. The maximum atomic E-state index is 6.03. The van der Waals surface area contributed by atoms with Gasteiger partial charge in [0.1, 0.15) is 12.7 Å². The van der Waals surface area contributed by atoms with Crippen molar-refractivity contribution in [1.82, 2.24) is 25.1 Å². The summed E-state index contributed by atoms with van der Waals surface area (Å²) < 4.78 is 11.8. The van der Waals surface area contributed by atoms with Crippen molar-refractivity contribution in [2.24, 2.45) is 0 Å². The molecular formula is C22H27N5O2. The van der Waals surface area contributed by atoms with E-state index in [0.717, 1.165) is 56.0 Å². The molecule has 0 fully saturated rings. The van der Waals surface area contributed by atoms with Crippen LogP contribution in [0.5, 0.6) is 11.5 Å². The molecule has 1 atom stereocenters. The highest BCUT2D eigenvalue weighted by Crippen LogP contribution is 2.30. The summed E-state index contributed by atoms with van der Waals surface area (Å²) in [5, 5.41) is 12.8. The number of para-hydroxylation sites is 2. The molecule has 3 aromatic rings. The molecule has 2 aromatic carbocycles. The molecular weight excluding hydrogens is 366 g/mol. The van der Waals surface area contributed by atoms with Crippen LogP contribution in [-0.2, 0) is 6.54 Å². The molecule has 0 bridgehead atoms. The van der Waals surface area contributed by atoms with Gasteiger partial charge in [0.25, 0.3) is 0 Å². The van der Waals surface area contributed by atoms with E-state index in [1.54, 1.807) is 4.80 Å². The number of aryl methyl sites for hydroxylation is 1. The molecule has 1 aliphatic rings. The Bertz CT molecular complexity index is 899. The molecule has 1 aromatic heterocycles. The molecule has 0 amide bonds. The highest BCUT2D eigenvalue weighted by Gasteiger charge is 2.21. The molecule has 4 rings (SSSR count). The number of likely N-dealkylation sites (N-methyl/N-ethyl adjacent to an activating group) is 1. The van der Waals surface area contributed by atoms with E-state index in [2.05, 4.69) is 27.4 Å². The molecule has 0 radical (unpaired) electrons. The maximum absolute atomic E-state index is 6.03. The van der Waals surface area contributed by atoms with E-state index in [4.69, 9.17) is 9.47 Å². The number of rotatable bonds is 9. The lowest BCUT2D eigenvalue weighted by Crippen LogP contribution is -2.39. The Hall–Kier alpha value is -2.93. The second-order valence-electron chi connectivity index (χ2n) is 7.40. The first-order chi connectivity index (χ1) is 14.3. The SMILES string of the molecule is CN(CCCCCn1nnc(-c2ccccc2)n1)CC1COc2ccccc2O1. The van der Waals surface area contributed by atoms with Crippen LogP contribution >= 0.6 is 0 Å². The molecule has 152 valence electrons. The van der Waals surface area contributed by atoms with Gasteiger partial charge in [-0.15, -0.1) is 10.2 Å². The van der Waals surface area contributed by atoms with Gasteiger partial charge in [-0.05, 0) is 43.8 Å². The predicted octanol–water partition coefficient (Wildman–Crippen LogP) is 3.28. The number of benzene rings is 2. The van der Waals surface area contributed by atoms with Crippen LogP contribution in [0.4, 0.5) is 0 Å². The minimum absolute atomic E-state index is 0.0747. The number of fused-ring (bicyclic) bond motifs is 1. The van der Waals surface area contributed by atoms with Crippen molar-refractivity contribution in [3.63, 3.8) is 0 Å². The van der Waals surface area contributed by atoms with Crippen molar-refractivity contribution in [1.29, 1.82) is 0 Å². The summed E-state index contributed by atoms with van der Waals surface area (Å²) >= 11 is 0. The van der Waals surface area contributed by atoms with Crippen LogP contribution in [-0.4, -0.2) is 58.0 Å². The van der Waals surface area contributed by atoms with Crippen LogP contribution in [0.2, 0.25) is 0 Å². The van der Waals surface area contributed by atoms with E-state index in [-0.39, 0.29) is 6.10 Å². The molecule has 0 spiro atoms. The largest absolute Gasteiger partial charge is 0.486 e. The van der Waals surface area contributed by atoms with Gasteiger partial charge < -0.3 is 14.4 Å². The molecule has 1 aliphatic heterocycles. The van der Waals surface area contributed by atoms with Crippen LogP contribution < -0.4 is 9.47 Å². The van der Waals surface area contributed by atoms with Gasteiger partial charge in [-0.25, -0.2) is 0 Å². The molecule has 0 N–H and O–H groups in total. The van der Waals surface area contributed by atoms with Crippen LogP contribution in [0.25, 0.3) is 11.4 Å². The molecule has 7 heteroatoms. The fourth-order valence-electron chi connectivity index (χ4n) is 3.44. The van der Waals surface area contributed by atoms with Gasteiger partial charge >= 0.3 is 0 Å². The zero-order chi connectivity index (χ0) is 19.9. The van der Waals surface area contributed by atoms with Gasteiger partial charge in [0, 0.05) is 12.1 Å². The van der Waals surface area contributed by atoms with Crippen molar-refractivity contribution < 1.29 is 9.47 Å². The molecule has 1 unspecified atom stereocenters. The van der Waals surface area contributed by atoms with Gasteiger partial charge in [-0.3, -0.25) is 0 Å². The van der Waals surface area contributed by atoms with E-state index in [9.17, 15) is 0 Å². The second-order valence-corrected chi connectivity index (χ2v) is 7.40. The van der Waals surface area contributed by atoms with E-state index in [1.807, 2.05) is 54.6 Å². The van der Waals surface area contributed by atoms with Crippen LogP contribution in [0.1, 0.15) is 19.3 Å². The van der Waals surface area contributed by atoms with Gasteiger partial charge in [-0.2, -0.15) is 4.80 Å². The lowest BCUT2D eigenvalue weighted by atomic mass is 10.2. The van der Waals surface area contributed by atoms with E-state index in [1.165, 1.54) is 0 Å². The Morgan fingerprint density at radius 2 is 1.79 bits per heavy atom. The first kappa shape index (κ1) is 19.4. The Morgan fingerprint density at radius 1 is 1.00 bits per heavy atom. The third-order valence-electron chi connectivity index (χ3n) is 4.97. The highest BCUT2D eigenvalue weighted by molar-refractivity contribution is 5.52. The van der Waals surface area contributed by atoms with Gasteiger partial charge in [-0.1, -0.05) is 48.9 Å². The van der Waals surface area contributed by atoms with Crippen molar-refractivity contribution >= 4 is 0 Å². The maximum Gasteiger partial charge on any atom is 0.204 e. The van der Waals surface area contributed by atoms with Crippen molar-refractivity contribution in [2.45, 2.75) is 31.9 Å². The number of unbranched alkanes of at least 4 members (excludes halogenated alkanes) is 2. The molecule has 0 saturated carbocycles. The number of tetrazole rings is 1. The average Bonchev–Trinajstić information content (AvgIpc) is 3.23. The third kappa shape index (κ3) is 5.32. The minimum Gasteiger partial charge on any atom is -0.486 e. The first-order valence-electron chi connectivity index (χ1n) is 10.2. The lowest BCUT2D eigenvalue weighted by Gasteiger charge is -2.29. The molecule has 2 heterocycles. The van der Waals surface area contributed by atoms with Gasteiger partial charge in [0.15, 0.2) is 11.5 Å². The summed E-state index contributed by atoms with van der Waals surface area (Å²) in [6.45, 7) is 3.28. The van der Waals surface area contributed by atoms with Crippen molar-refractivity contribution in [3.8, 4) is 22.9 Å². The minimum atomic E-state index is 0.0747. The number of ether oxygens (including phenoxy) is 2. The van der Waals surface area contributed by atoms with Crippen molar-refractivity contribution in [3.05, 3.63) is 54.6 Å². The summed E-state index contributed by atoms with van der Waals surface area (Å²) in [5.74, 6) is 2.36. The van der Waals surface area contributed by atoms with E-state index in [0.29, 0.717) is 12.4 Å². The summed E-state index contributed by atoms with van der Waals surface area (Å²) in [5.41, 5.74) is 0.997. The normalized spacial score (nSPS) is 15.6. The van der Waals surface area contributed by atoms with E-state index >= 15 is 0 Å². The van der Waals surface area contributed by atoms with Crippen LogP contribution in [0.15, 0.2) is 54.6 Å². The first-order valence-corrected chi connectivity index (χ1v) is 10.2. The fraction of sp³-hybridized carbons (Fsp3) is 0.409. The number of hydrogen-bond acceptors (Lipinski definition) is 6. The fourth-order valence-corrected chi connectivity index (χ4v) is 3.44. The molecule has 7 nitrogen and oxygen atoms in total. The molecule has 0 saturated heterocycles. The number of nitrogens with zero attached hydrogens (tertiary/aromatic N) is 5. The third-order valence-corrected chi connectivity index (χ3v) is 4.97. The number of aromatic nitrogens is 4. The summed E-state index contributed by atoms with van der Waals surface area (Å²) in [6, 6.07) is 17.8. The zero-order valence-corrected chi connectivity index (χ0v) is 16.8. The number of hydrogen-bond donors (Lipinski definition) is 0. The van der Waals surface area contributed by atoms with Crippen LogP contribution in [0.3, 0.4) is 0 Å².